The minimum absolute atomic E-state index is 0.0879. The Morgan fingerprint density at radius 3 is 2.70 bits per heavy atom. The summed E-state index contributed by atoms with van der Waals surface area (Å²) in [5, 5.41) is 3.44. The van der Waals surface area contributed by atoms with Crippen LogP contribution in [0.15, 0.2) is 0 Å². The van der Waals surface area contributed by atoms with Crippen molar-refractivity contribution in [2.75, 3.05) is 20.2 Å². The Hall–Kier alpha value is -0.610. The van der Waals surface area contributed by atoms with Crippen LogP contribution in [0, 0.1) is 5.92 Å². The number of hydrogen-bond acceptors (Lipinski definition) is 4. The van der Waals surface area contributed by atoms with Crippen molar-refractivity contribution in [1.29, 1.82) is 0 Å². The molecule has 3 atom stereocenters. The molecule has 2 aliphatic carbocycles. The first-order chi connectivity index (χ1) is 9.60. The summed E-state index contributed by atoms with van der Waals surface area (Å²) in [5.74, 6) is 0.726. The first kappa shape index (κ1) is 15.8. The number of likely N-dealkylation sites (N-methyl/N-ethyl adjacent to an activating group) is 1. The number of nitrogens with zero attached hydrogens (tertiary/aromatic N) is 1. The van der Waals surface area contributed by atoms with Crippen molar-refractivity contribution in [2.45, 2.75) is 70.5 Å². The van der Waals surface area contributed by atoms with Crippen LogP contribution in [0.25, 0.3) is 0 Å². The van der Waals surface area contributed by atoms with E-state index in [9.17, 15) is 4.79 Å². The standard InChI is InChI=1S/C16H30N2O2/c1-4-20-16(19)15(17-13-8-9-13)11-18(3)14-7-5-6-12(2)10-14/h12-15,17H,4-11H2,1-3H3. The molecule has 116 valence electrons. The minimum Gasteiger partial charge on any atom is -0.465 e. The van der Waals surface area contributed by atoms with E-state index in [2.05, 4.69) is 24.2 Å². The zero-order valence-electron chi connectivity index (χ0n) is 13.2. The van der Waals surface area contributed by atoms with Crippen molar-refractivity contribution in [3.8, 4) is 0 Å². The van der Waals surface area contributed by atoms with E-state index in [1.54, 1.807) is 0 Å². The average molecular weight is 282 g/mol. The average Bonchev–Trinajstić information content (AvgIpc) is 3.22. The quantitative estimate of drug-likeness (QED) is 0.727. The topological polar surface area (TPSA) is 41.6 Å². The van der Waals surface area contributed by atoms with Crippen LogP contribution in [-0.4, -0.2) is 49.2 Å². The van der Waals surface area contributed by atoms with Crippen LogP contribution in [0.3, 0.4) is 0 Å². The maximum absolute atomic E-state index is 12.1. The molecule has 2 aliphatic rings. The molecule has 2 rings (SSSR count). The molecule has 4 nitrogen and oxygen atoms in total. The van der Waals surface area contributed by atoms with Crippen LogP contribution in [-0.2, 0) is 9.53 Å². The lowest BCUT2D eigenvalue weighted by atomic mass is 9.86. The molecule has 0 radical (unpaired) electrons. The van der Waals surface area contributed by atoms with E-state index >= 15 is 0 Å². The summed E-state index contributed by atoms with van der Waals surface area (Å²) in [6.07, 6.45) is 7.58. The lowest BCUT2D eigenvalue weighted by Gasteiger charge is -2.35. The zero-order valence-corrected chi connectivity index (χ0v) is 13.2. The Morgan fingerprint density at radius 2 is 2.10 bits per heavy atom. The molecule has 0 aromatic carbocycles. The molecule has 0 heterocycles. The van der Waals surface area contributed by atoms with Crippen molar-refractivity contribution in [3.05, 3.63) is 0 Å². The molecule has 3 unspecified atom stereocenters. The third kappa shape index (κ3) is 4.74. The second kappa shape index (κ2) is 7.41. The summed E-state index contributed by atoms with van der Waals surface area (Å²) >= 11 is 0. The van der Waals surface area contributed by atoms with Gasteiger partial charge in [0, 0.05) is 18.6 Å². The van der Waals surface area contributed by atoms with E-state index in [0.717, 1.165) is 12.5 Å². The maximum Gasteiger partial charge on any atom is 0.324 e. The Morgan fingerprint density at radius 1 is 1.35 bits per heavy atom. The van der Waals surface area contributed by atoms with Crippen molar-refractivity contribution in [1.82, 2.24) is 10.2 Å². The van der Waals surface area contributed by atoms with Crippen LogP contribution in [0.1, 0.15) is 52.4 Å². The highest BCUT2D eigenvalue weighted by molar-refractivity contribution is 5.76. The van der Waals surface area contributed by atoms with Gasteiger partial charge in [-0.1, -0.05) is 19.8 Å². The van der Waals surface area contributed by atoms with Gasteiger partial charge in [-0.2, -0.15) is 0 Å². The molecule has 0 bridgehead atoms. The predicted octanol–water partition coefficient (Wildman–Crippen LogP) is 2.18. The first-order valence-electron chi connectivity index (χ1n) is 8.23. The molecule has 0 amide bonds. The van der Waals surface area contributed by atoms with Crippen molar-refractivity contribution >= 4 is 5.97 Å². The summed E-state index contributed by atoms with van der Waals surface area (Å²) in [5.41, 5.74) is 0. The lowest BCUT2D eigenvalue weighted by molar-refractivity contribution is -0.146. The SMILES string of the molecule is CCOC(=O)C(CN(C)C1CCCC(C)C1)NC1CC1. The molecule has 0 spiro atoms. The van der Waals surface area contributed by atoms with Gasteiger partial charge in [0.1, 0.15) is 6.04 Å². The van der Waals surface area contributed by atoms with Crippen molar-refractivity contribution in [3.63, 3.8) is 0 Å². The molecular formula is C16H30N2O2. The summed E-state index contributed by atoms with van der Waals surface area (Å²) in [7, 11) is 2.16. The Labute approximate surface area is 123 Å². The molecule has 2 fully saturated rings. The van der Waals surface area contributed by atoms with Gasteiger partial charge in [-0.25, -0.2) is 0 Å². The van der Waals surface area contributed by atoms with Gasteiger partial charge in [-0.15, -0.1) is 0 Å². The van der Waals surface area contributed by atoms with Gasteiger partial charge in [0.2, 0.25) is 0 Å². The number of carbonyl (C=O) groups excluding carboxylic acids is 1. The van der Waals surface area contributed by atoms with Gasteiger partial charge < -0.3 is 15.0 Å². The fraction of sp³-hybridized carbons (Fsp3) is 0.938. The molecule has 4 heteroatoms. The molecule has 0 aliphatic heterocycles. The highest BCUT2D eigenvalue weighted by Gasteiger charge is 2.32. The van der Waals surface area contributed by atoms with Gasteiger partial charge in [-0.05, 0) is 45.6 Å². The monoisotopic (exact) mass is 282 g/mol. The largest absolute Gasteiger partial charge is 0.465 e. The third-order valence-corrected chi connectivity index (χ3v) is 4.59. The summed E-state index contributed by atoms with van der Waals surface area (Å²) in [6, 6.07) is 0.990. The van der Waals surface area contributed by atoms with Crippen LogP contribution in [0.5, 0.6) is 0 Å². The highest BCUT2D eigenvalue weighted by Crippen LogP contribution is 2.27. The third-order valence-electron chi connectivity index (χ3n) is 4.59. The van der Waals surface area contributed by atoms with Crippen molar-refractivity contribution < 1.29 is 9.53 Å². The van der Waals surface area contributed by atoms with Gasteiger partial charge >= 0.3 is 5.97 Å². The number of rotatable bonds is 7. The van der Waals surface area contributed by atoms with E-state index in [1.807, 2.05) is 6.92 Å². The second-order valence-electron chi connectivity index (χ2n) is 6.61. The fourth-order valence-corrected chi connectivity index (χ4v) is 3.21. The smallest absolute Gasteiger partial charge is 0.324 e. The van der Waals surface area contributed by atoms with Gasteiger partial charge in [0.25, 0.3) is 0 Å². The van der Waals surface area contributed by atoms with Crippen molar-refractivity contribution in [2.24, 2.45) is 5.92 Å². The first-order valence-corrected chi connectivity index (χ1v) is 8.23. The maximum atomic E-state index is 12.1. The number of ether oxygens (including phenoxy) is 1. The number of nitrogens with one attached hydrogen (secondary N) is 1. The molecule has 1 N–H and O–H groups in total. The zero-order chi connectivity index (χ0) is 14.5. The normalized spacial score (nSPS) is 28.4. The lowest BCUT2D eigenvalue weighted by Crippen LogP contribution is -2.50. The molecule has 2 saturated carbocycles. The Kier molecular flexibility index (Phi) is 5.85. The number of esters is 1. The Bertz CT molecular complexity index is 318. The predicted molar refractivity (Wildman–Crippen MR) is 80.6 cm³/mol. The molecular weight excluding hydrogens is 252 g/mol. The van der Waals surface area contributed by atoms with Gasteiger partial charge in [0.15, 0.2) is 0 Å². The van der Waals surface area contributed by atoms with E-state index in [1.165, 1.54) is 38.5 Å². The summed E-state index contributed by atoms with van der Waals surface area (Å²) < 4.78 is 5.21. The summed E-state index contributed by atoms with van der Waals surface area (Å²) in [4.78, 5) is 14.4. The Balaban J connectivity index is 1.86. The minimum atomic E-state index is -0.162. The van der Waals surface area contributed by atoms with E-state index in [0.29, 0.717) is 18.7 Å². The second-order valence-corrected chi connectivity index (χ2v) is 6.61. The van der Waals surface area contributed by atoms with Crippen LogP contribution in [0.4, 0.5) is 0 Å². The van der Waals surface area contributed by atoms with Crippen LogP contribution in [0.2, 0.25) is 0 Å². The van der Waals surface area contributed by atoms with E-state index in [4.69, 9.17) is 4.74 Å². The number of hydrogen-bond donors (Lipinski definition) is 1. The fourth-order valence-electron chi connectivity index (χ4n) is 3.21. The molecule has 20 heavy (non-hydrogen) atoms. The van der Waals surface area contributed by atoms with Crippen LogP contribution >= 0.6 is 0 Å². The highest BCUT2D eigenvalue weighted by atomic mass is 16.5. The molecule has 0 aromatic heterocycles. The number of carbonyl (C=O) groups is 1. The van der Waals surface area contributed by atoms with Crippen LogP contribution < -0.4 is 5.32 Å². The van der Waals surface area contributed by atoms with Gasteiger partial charge in [-0.3, -0.25) is 4.79 Å². The van der Waals surface area contributed by atoms with E-state index in [-0.39, 0.29) is 12.0 Å². The molecule has 0 saturated heterocycles. The molecule has 0 aromatic rings. The van der Waals surface area contributed by atoms with Gasteiger partial charge in [0.05, 0.1) is 6.61 Å². The van der Waals surface area contributed by atoms with E-state index < -0.39 is 0 Å². The summed E-state index contributed by atoms with van der Waals surface area (Å²) in [6.45, 7) is 5.45.